The van der Waals surface area contributed by atoms with Crippen LogP contribution in [-0.2, 0) is 5.41 Å². The molecule has 0 atom stereocenters. The summed E-state index contributed by atoms with van der Waals surface area (Å²) in [5.74, 6) is -0.0153. The monoisotopic (exact) mass is 245 g/mol. The van der Waals surface area contributed by atoms with Crippen molar-refractivity contribution < 1.29 is 4.79 Å². The molecule has 0 fully saturated rings. The van der Waals surface area contributed by atoms with Gasteiger partial charge in [0.05, 0.1) is 0 Å². The highest BCUT2D eigenvalue weighted by Gasteiger charge is 2.21. The van der Waals surface area contributed by atoms with Gasteiger partial charge in [0.15, 0.2) is 0 Å². The number of carbonyl (C=O) groups excluding carboxylic acids is 1. The number of fused-ring (bicyclic) bond motifs is 1. The van der Waals surface area contributed by atoms with Crippen LogP contribution in [0.2, 0.25) is 0 Å². The summed E-state index contributed by atoms with van der Waals surface area (Å²) >= 11 is 0. The third-order valence-corrected chi connectivity index (χ3v) is 2.98. The van der Waals surface area contributed by atoms with E-state index in [2.05, 4.69) is 25.8 Å². The van der Waals surface area contributed by atoms with Crippen molar-refractivity contribution in [1.82, 2.24) is 14.3 Å². The van der Waals surface area contributed by atoms with Crippen LogP contribution in [-0.4, -0.2) is 34.3 Å². The number of imidazole rings is 1. The molecule has 0 spiro atoms. The Morgan fingerprint density at radius 2 is 1.94 bits per heavy atom. The number of rotatable bonds is 1. The zero-order chi connectivity index (χ0) is 13.5. The largest absolute Gasteiger partial charge is 0.343 e. The second-order valence-corrected chi connectivity index (χ2v) is 5.70. The van der Waals surface area contributed by atoms with E-state index in [1.165, 1.54) is 0 Å². The lowest BCUT2D eigenvalue weighted by Crippen LogP contribution is -2.25. The lowest BCUT2D eigenvalue weighted by molar-refractivity contribution is 0.0820. The van der Waals surface area contributed by atoms with Crippen molar-refractivity contribution in [1.29, 1.82) is 0 Å². The number of carbonyl (C=O) groups is 1. The molecule has 0 radical (unpaired) electrons. The van der Waals surface area contributed by atoms with Gasteiger partial charge in [0.1, 0.15) is 11.3 Å². The van der Waals surface area contributed by atoms with Gasteiger partial charge in [-0.15, -0.1) is 0 Å². The molecule has 2 aromatic heterocycles. The maximum absolute atomic E-state index is 12.1. The van der Waals surface area contributed by atoms with Gasteiger partial charge in [-0.05, 0) is 11.5 Å². The molecule has 0 aliphatic carbocycles. The van der Waals surface area contributed by atoms with Crippen molar-refractivity contribution in [2.24, 2.45) is 0 Å². The Hall–Kier alpha value is -1.84. The molecule has 2 heterocycles. The summed E-state index contributed by atoms with van der Waals surface area (Å²) in [5, 5.41) is 0. The molecule has 2 rings (SSSR count). The molecule has 18 heavy (non-hydrogen) atoms. The molecule has 2 aromatic rings. The summed E-state index contributed by atoms with van der Waals surface area (Å²) in [5.41, 5.74) is 2.64. The normalized spacial score (nSPS) is 11.8. The predicted molar refractivity (Wildman–Crippen MR) is 71.9 cm³/mol. The number of nitrogens with zero attached hydrogens (tertiary/aromatic N) is 3. The Morgan fingerprint density at radius 1 is 1.28 bits per heavy atom. The summed E-state index contributed by atoms with van der Waals surface area (Å²) < 4.78 is 1.86. The number of aromatic nitrogens is 2. The molecule has 0 bridgehead atoms. The third kappa shape index (κ3) is 1.98. The van der Waals surface area contributed by atoms with Crippen molar-refractivity contribution in [3.63, 3.8) is 0 Å². The first kappa shape index (κ1) is 12.6. The minimum atomic E-state index is -0.0153. The van der Waals surface area contributed by atoms with Gasteiger partial charge in [0.25, 0.3) is 5.91 Å². The third-order valence-electron chi connectivity index (χ3n) is 2.98. The van der Waals surface area contributed by atoms with Crippen LogP contribution in [0.15, 0.2) is 24.5 Å². The maximum atomic E-state index is 12.1. The average Bonchev–Trinajstić information content (AvgIpc) is 2.73. The highest BCUT2D eigenvalue weighted by molar-refractivity contribution is 5.93. The van der Waals surface area contributed by atoms with Crippen LogP contribution < -0.4 is 0 Å². The van der Waals surface area contributed by atoms with Crippen LogP contribution in [0.1, 0.15) is 36.8 Å². The lowest BCUT2D eigenvalue weighted by Gasteiger charge is -2.21. The van der Waals surface area contributed by atoms with E-state index in [1.807, 2.05) is 22.7 Å². The second kappa shape index (κ2) is 4.12. The number of amides is 1. The zero-order valence-electron chi connectivity index (χ0n) is 11.6. The summed E-state index contributed by atoms with van der Waals surface area (Å²) in [6.07, 6.45) is 3.57. The van der Waals surface area contributed by atoms with E-state index < -0.39 is 0 Å². The van der Waals surface area contributed by atoms with E-state index in [0.29, 0.717) is 5.69 Å². The summed E-state index contributed by atoms with van der Waals surface area (Å²) in [4.78, 5) is 18.0. The van der Waals surface area contributed by atoms with Crippen LogP contribution >= 0.6 is 0 Å². The minimum Gasteiger partial charge on any atom is -0.343 e. The molecule has 96 valence electrons. The molecule has 0 unspecified atom stereocenters. The van der Waals surface area contributed by atoms with E-state index in [-0.39, 0.29) is 11.3 Å². The fourth-order valence-corrected chi connectivity index (χ4v) is 2.00. The SMILES string of the molecule is CN(C)C(=O)c1ccc(C(C)(C)C)c2nccn12. The molecule has 4 nitrogen and oxygen atoms in total. The standard InChI is InChI=1S/C14H19N3O/c1-14(2,3)10-6-7-11(13(18)16(4)5)17-9-8-15-12(10)17/h6-9H,1-5H3. The van der Waals surface area contributed by atoms with Crippen molar-refractivity contribution in [3.8, 4) is 0 Å². The molecular weight excluding hydrogens is 226 g/mol. The quantitative estimate of drug-likeness (QED) is 0.773. The van der Waals surface area contributed by atoms with Crippen molar-refractivity contribution in [2.45, 2.75) is 26.2 Å². The minimum absolute atomic E-state index is 0.00625. The maximum Gasteiger partial charge on any atom is 0.270 e. The smallest absolute Gasteiger partial charge is 0.270 e. The Kier molecular flexibility index (Phi) is 2.89. The second-order valence-electron chi connectivity index (χ2n) is 5.70. The number of hydrogen-bond acceptors (Lipinski definition) is 2. The van der Waals surface area contributed by atoms with E-state index in [9.17, 15) is 4.79 Å². The van der Waals surface area contributed by atoms with Crippen LogP contribution in [0.5, 0.6) is 0 Å². The first-order chi connectivity index (χ1) is 8.32. The molecule has 4 heteroatoms. The first-order valence-corrected chi connectivity index (χ1v) is 6.00. The predicted octanol–water partition coefficient (Wildman–Crippen LogP) is 2.33. The summed E-state index contributed by atoms with van der Waals surface area (Å²) in [6, 6.07) is 3.87. The van der Waals surface area contributed by atoms with Gasteiger partial charge in [-0.25, -0.2) is 4.98 Å². The fraction of sp³-hybridized carbons (Fsp3) is 0.429. The van der Waals surface area contributed by atoms with Gasteiger partial charge in [-0.3, -0.25) is 9.20 Å². The molecule has 0 saturated heterocycles. The molecular formula is C14H19N3O. The molecule has 0 N–H and O–H groups in total. The van der Waals surface area contributed by atoms with Gasteiger partial charge in [0.2, 0.25) is 0 Å². The van der Waals surface area contributed by atoms with Gasteiger partial charge in [0, 0.05) is 32.1 Å². The topological polar surface area (TPSA) is 37.6 Å². The summed E-state index contributed by atoms with van der Waals surface area (Å²) in [6.45, 7) is 6.43. The molecule has 1 amide bonds. The lowest BCUT2D eigenvalue weighted by atomic mass is 9.87. The van der Waals surface area contributed by atoms with Crippen LogP contribution in [0.4, 0.5) is 0 Å². The molecule has 0 saturated carbocycles. The van der Waals surface area contributed by atoms with Crippen molar-refractivity contribution in [2.75, 3.05) is 14.1 Å². The van der Waals surface area contributed by atoms with E-state index in [0.717, 1.165) is 11.2 Å². The Morgan fingerprint density at radius 3 is 2.50 bits per heavy atom. The fourth-order valence-electron chi connectivity index (χ4n) is 2.00. The van der Waals surface area contributed by atoms with E-state index in [1.54, 1.807) is 25.2 Å². The molecule has 0 aliphatic rings. The Labute approximate surface area is 107 Å². The highest BCUT2D eigenvalue weighted by Crippen LogP contribution is 2.26. The highest BCUT2D eigenvalue weighted by atomic mass is 16.2. The molecule has 0 aromatic carbocycles. The van der Waals surface area contributed by atoms with Gasteiger partial charge in [-0.1, -0.05) is 26.8 Å². The average molecular weight is 245 g/mol. The first-order valence-electron chi connectivity index (χ1n) is 6.00. The number of hydrogen-bond donors (Lipinski definition) is 0. The van der Waals surface area contributed by atoms with E-state index >= 15 is 0 Å². The Bertz CT molecular complexity index is 591. The summed E-state index contributed by atoms with van der Waals surface area (Å²) in [7, 11) is 3.51. The van der Waals surface area contributed by atoms with Crippen LogP contribution in [0, 0.1) is 0 Å². The van der Waals surface area contributed by atoms with Gasteiger partial charge in [-0.2, -0.15) is 0 Å². The zero-order valence-corrected chi connectivity index (χ0v) is 11.6. The van der Waals surface area contributed by atoms with Gasteiger partial charge >= 0.3 is 0 Å². The number of pyridine rings is 1. The van der Waals surface area contributed by atoms with Crippen LogP contribution in [0.25, 0.3) is 5.65 Å². The van der Waals surface area contributed by atoms with E-state index in [4.69, 9.17) is 0 Å². The Balaban J connectivity index is 2.69. The molecule has 0 aliphatic heterocycles. The van der Waals surface area contributed by atoms with Gasteiger partial charge < -0.3 is 4.90 Å². The van der Waals surface area contributed by atoms with Crippen molar-refractivity contribution in [3.05, 3.63) is 35.8 Å². The van der Waals surface area contributed by atoms with Crippen LogP contribution in [0.3, 0.4) is 0 Å². The van der Waals surface area contributed by atoms with Crippen molar-refractivity contribution >= 4 is 11.6 Å².